The predicted octanol–water partition coefficient (Wildman–Crippen LogP) is 3.97. The van der Waals surface area contributed by atoms with Crippen LogP contribution in [-0.2, 0) is 4.79 Å². The van der Waals surface area contributed by atoms with Crippen molar-refractivity contribution in [3.8, 4) is 17.0 Å². The Balaban J connectivity index is 2.01. The Hall–Kier alpha value is -2.47. The number of fused-ring (bicyclic) bond motifs is 1. The summed E-state index contributed by atoms with van der Waals surface area (Å²) in [4.78, 5) is 16.9. The van der Waals surface area contributed by atoms with Crippen molar-refractivity contribution in [3.05, 3.63) is 48.8 Å². The number of pyridine rings is 1. The Bertz CT molecular complexity index is 885. The molecule has 5 nitrogen and oxygen atoms in total. The second-order valence-corrected chi connectivity index (χ2v) is 7.54. The van der Waals surface area contributed by atoms with Crippen LogP contribution in [0.2, 0.25) is 0 Å². The van der Waals surface area contributed by atoms with Crippen LogP contribution in [0.3, 0.4) is 0 Å². The lowest BCUT2D eigenvalue weighted by molar-refractivity contribution is -0.138. The molecule has 0 saturated heterocycles. The van der Waals surface area contributed by atoms with E-state index in [0.29, 0.717) is 0 Å². The number of imidazole rings is 1. The summed E-state index contributed by atoms with van der Waals surface area (Å²) in [6, 6.07) is 11.5. The molecule has 2 aromatic heterocycles. The molecule has 24 heavy (non-hydrogen) atoms. The molecule has 0 radical (unpaired) electrons. The minimum absolute atomic E-state index is 0.752. The van der Waals surface area contributed by atoms with Gasteiger partial charge in [-0.2, -0.15) is 0 Å². The summed E-state index contributed by atoms with van der Waals surface area (Å²) < 4.78 is 6.17. The smallest absolute Gasteiger partial charge is 0.319 e. The van der Waals surface area contributed by atoms with Gasteiger partial charge in [-0.1, -0.05) is 0 Å². The topological polar surface area (TPSA) is 63.8 Å². The molecule has 3 aromatic rings. The quantitative estimate of drug-likeness (QED) is 0.711. The van der Waals surface area contributed by atoms with Gasteiger partial charge >= 0.3 is 5.97 Å². The molecule has 0 aliphatic rings. The third kappa shape index (κ3) is 3.10. The summed E-state index contributed by atoms with van der Waals surface area (Å²) in [6.07, 6.45) is 3.85. The molecular weight excluding hydrogens is 324 g/mol. The minimum atomic E-state index is -0.923. The van der Waals surface area contributed by atoms with E-state index in [9.17, 15) is 9.90 Å². The first kappa shape index (κ1) is 16.4. The molecule has 0 fully saturated rings. The number of aliphatic carboxylic acids is 1. The lowest BCUT2D eigenvalue weighted by atomic mass is 10.2. The van der Waals surface area contributed by atoms with Crippen molar-refractivity contribution in [2.45, 2.75) is 23.5 Å². The van der Waals surface area contributed by atoms with Crippen LogP contribution in [0.4, 0.5) is 0 Å². The summed E-state index contributed by atoms with van der Waals surface area (Å²) in [5.41, 5.74) is 2.56. The zero-order valence-corrected chi connectivity index (χ0v) is 14.5. The molecule has 124 valence electrons. The lowest BCUT2D eigenvalue weighted by Gasteiger charge is -2.18. The van der Waals surface area contributed by atoms with E-state index in [2.05, 4.69) is 0 Å². The van der Waals surface area contributed by atoms with Gasteiger partial charge in [-0.25, -0.2) is 4.98 Å². The molecule has 0 aliphatic heterocycles. The fourth-order valence-electron chi connectivity index (χ4n) is 2.29. The average Bonchev–Trinajstić information content (AvgIpc) is 3.00. The summed E-state index contributed by atoms with van der Waals surface area (Å²) >= 11 is 1.30. The molecule has 0 spiro atoms. The third-order valence-electron chi connectivity index (χ3n) is 3.71. The molecule has 0 saturated carbocycles. The summed E-state index contributed by atoms with van der Waals surface area (Å²) in [7, 11) is 1.63. The van der Waals surface area contributed by atoms with Gasteiger partial charge in [0, 0.05) is 18.0 Å². The van der Waals surface area contributed by atoms with Crippen LogP contribution >= 0.6 is 11.8 Å². The fourth-order valence-corrected chi connectivity index (χ4v) is 3.31. The summed E-state index contributed by atoms with van der Waals surface area (Å²) in [6.45, 7) is 3.38. The largest absolute Gasteiger partial charge is 0.497 e. The maximum atomic E-state index is 11.4. The van der Waals surface area contributed by atoms with E-state index in [-0.39, 0.29) is 0 Å². The summed E-state index contributed by atoms with van der Waals surface area (Å²) in [5.74, 6) is -0.0570. The van der Waals surface area contributed by atoms with Crippen LogP contribution in [0, 0.1) is 0 Å². The number of methoxy groups -OCH3 is 1. The zero-order valence-electron chi connectivity index (χ0n) is 13.7. The van der Waals surface area contributed by atoms with E-state index in [0.717, 1.165) is 27.5 Å². The monoisotopic (exact) mass is 342 g/mol. The van der Waals surface area contributed by atoms with Gasteiger partial charge in [-0.15, -0.1) is 11.8 Å². The number of carbonyl (C=O) groups is 1. The van der Waals surface area contributed by atoms with Gasteiger partial charge in [0.1, 0.15) is 10.5 Å². The standard InChI is InChI=1S/C18H18N2O3S/c1-18(2,17(21)22)24-15-5-4-10-20-11-14(19-16(15)20)12-6-8-13(23-3)9-7-12/h4-11H,1-3H3,(H,21,22). The normalized spacial score (nSPS) is 11.6. The Kier molecular flexibility index (Phi) is 4.24. The highest BCUT2D eigenvalue weighted by Gasteiger charge is 2.29. The van der Waals surface area contributed by atoms with Gasteiger partial charge in [0.05, 0.1) is 17.7 Å². The molecule has 0 bridgehead atoms. The molecule has 1 N–H and O–H groups in total. The third-order valence-corrected chi connectivity index (χ3v) is 4.94. The maximum Gasteiger partial charge on any atom is 0.319 e. The molecule has 0 amide bonds. The van der Waals surface area contributed by atoms with Crippen LogP contribution in [0.15, 0.2) is 53.7 Å². The van der Waals surface area contributed by atoms with Crippen molar-refractivity contribution in [1.82, 2.24) is 9.38 Å². The van der Waals surface area contributed by atoms with Crippen molar-refractivity contribution in [2.24, 2.45) is 0 Å². The number of nitrogens with zero attached hydrogens (tertiary/aromatic N) is 2. The van der Waals surface area contributed by atoms with Crippen molar-refractivity contribution in [1.29, 1.82) is 0 Å². The SMILES string of the molecule is COc1ccc(-c2cn3cccc(SC(C)(C)C(=O)O)c3n2)cc1. The van der Waals surface area contributed by atoms with E-state index >= 15 is 0 Å². The maximum absolute atomic E-state index is 11.4. The lowest BCUT2D eigenvalue weighted by Crippen LogP contribution is -2.26. The Morgan fingerprint density at radius 1 is 1.25 bits per heavy atom. The van der Waals surface area contributed by atoms with Gasteiger partial charge in [-0.05, 0) is 50.2 Å². The highest BCUT2D eigenvalue weighted by atomic mass is 32.2. The number of thioether (sulfide) groups is 1. The Labute approximate surface area is 144 Å². The molecule has 0 unspecified atom stereocenters. The van der Waals surface area contributed by atoms with E-state index in [1.165, 1.54) is 11.8 Å². The first-order chi connectivity index (χ1) is 11.4. The van der Waals surface area contributed by atoms with Crippen molar-refractivity contribution in [3.63, 3.8) is 0 Å². The number of hydrogen-bond donors (Lipinski definition) is 1. The van der Waals surface area contributed by atoms with Gasteiger partial charge in [-0.3, -0.25) is 4.79 Å². The van der Waals surface area contributed by atoms with Gasteiger partial charge in [0.25, 0.3) is 0 Å². The highest BCUT2D eigenvalue weighted by molar-refractivity contribution is 8.01. The van der Waals surface area contributed by atoms with Gasteiger partial charge in [0.15, 0.2) is 5.65 Å². The average molecular weight is 342 g/mol. The van der Waals surface area contributed by atoms with Gasteiger partial charge < -0.3 is 14.2 Å². The number of rotatable bonds is 5. The van der Waals surface area contributed by atoms with E-state index in [1.807, 2.05) is 53.2 Å². The van der Waals surface area contributed by atoms with Crippen molar-refractivity contribution >= 4 is 23.4 Å². The van der Waals surface area contributed by atoms with Crippen molar-refractivity contribution in [2.75, 3.05) is 7.11 Å². The van der Waals surface area contributed by atoms with Gasteiger partial charge in [0.2, 0.25) is 0 Å². The molecular formula is C18H18N2O3S. The first-order valence-electron chi connectivity index (χ1n) is 7.45. The van der Waals surface area contributed by atoms with E-state index in [4.69, 9.17) is 9.72 Å². The Morgan fingerprint density at radius 3 is 2.58 bits per heavy atom. The second kappa shape index (κ2) is 6.20. The minimum Gasteiger partial charge on any atom is -0.497 e. The number of benzene rings is 1. The molecule has 2 heterocycles. The Morgan fingerprint density at radius 2 is 1.96 bits per heavy atom. The van der Waals surface area contributed by atoms with Crippen LogP contribution in [0.5, 0.6) is 5.75 Å². The van der Waals surface area contributed by atoms with Crippen LogP contribution in [-0.4, -0.2) is 32.3 Å². The fraction of sp³-hybridized carbons (Fsp3) is 0.222. The molecule has 0 atom stereocenters. The first-order valence-corrected chi connectivity index (χ1v) is 8.27. The number of ether oxygens (including phenoxy) is 1. The van der Waals surface area contributed by atoms with Crippen LogP contribution in [0.1, 0.15) is 13.8 Å². The predicted molar refractivity (Wildman–Crippen MR) is 94.8 cm³/mol. The number of hydrogen-bond acceptors (Lipinski definition) is 4. The summed E-state index contributed by atoms with van der Waals surface area (Å²) in [5, 5.41) is 9.35. The highest BCUT2D eigenvalue weighted by Crippen LogP contribution is 2.35. The molecule has 6 heteroatoms. The van der Waals surface area contributed by atoms with Crippen LogP contribution in [0.25, 0.3) is 16.9 Å². The zero-order chi connectivity index (χ0) is 17.3. The number of aromatic nitrogens is 2. The second-order valence-electron chi connectivity index (χ2n) is 5.88. The number of carboxylic acids is 1. The van der Waals surface area contributed by atoms with Crippen LogP contribution < -0.4 is 4.74 Å². The van der Waals surface area contributed by atoms with Crippen molar-refractivity contribution < 1.29 is 14.6 Å². The number of carboxylic acid groups (broad SMARTS) is 1. The van der Waals surface area contributed by atoms with E-state index < -0.39 is 10.7 Å². The molecule has 1 aromatic carbocycles. The molecule has 3 rings (SSSR count). The van der Waals surface area contributed by atoms with E-state index in [1.54, 1.807) is 21.0 Å². The molecule has 0 aliphatic carbocycles.